The van der Waals surface area contributed by atoms with Gasteiger partial charge in [-0.25, -0.2) is 0 Å². The molecule has 0 aromatic carbocycles. The maximum atomic E-state index is 12.1. The number of hydrogen-bond acceptors (Lipinski definition) is 3. The van der Waals surface area contributed by atoms with Crippen molar-refractivity contribution >= 4 is 11.7 Å². The van der Waals surface area contributed by atoms with Crippen LogP contribution in [0, 0.1) is 6.92 Å². The Kier molecular flexibility index (Phi) is 5.30. The van der Waals surface area contributed by atoms with Crippen LogP contribution in [0.15, 0.2) is 0 Å². The monoisotopic (exact) mass is 266 g/mol. The van der Waals surface area contributed by atoms with Crippen LogP contribution in [-0.2, 0) is 6.42 Å². The number of hydrogen-bond donors (Lipinski definition) is 3. The number of aliphatic hydroxyl groups is 1. The number of aryl methyl sites for hydroxylation is 1. The summed E-state index contributed by atoms with van der Waals surface area (Å²) in [6.45, 7) is 7.30. The summed E-state index contributed by atoms with van der Waals surface area (Å²) in [5.74, 6) is -0.262. The number of carbonyl (C=O) groups is 2. The fourth-order valence-corrected chi connectivity index (χ4v) is 2.18. The molecule has 1 amide bonds. The first-order chi connectivity index (χ1) is 8.88. The fraction of sp³-hybridized carbons (Fsp3) is 0.571. The highest BCUT2D eigenvalue weighted by Gasteiger charge is 2.21. The minimum Gasteiger partial charge on any atom is -0.393 e. The van der Waals surface area contributed by atoms with Crippen molar-refractivity contribution in [3.05, 3.63) is 22.5 Å². The third-order valence-electron chi connectivity index (χ3n) is 3.07. The Morgan fingerprint density at radius 3 is 2.53 bits per heavy atom. The molecule has 1 heterocycles. The molecule has 5 nitrogen and oxygen atoms in total. The fourth-order valence-electron chi connectivity index (χ4n) is 2.18. The van der Waals surface area contributed by atoms with Crippen LogP contribution in [0.4, 0.5) is 0 Å². The van der Waals surface area contributed by atoms with Crippen LogP contribution in [-0.4, -0.2) is 34.4 Å². The number of aromatic amines is 1. The van der Waals surface area contributed by atoms with Crippen LogP contribution >= 0.6 is 0 Å². The topological polar surface area (TPSA) is 82.2 Å². The number of amides is 1. The maximum Gasteiger partial charge on any atom is 0.268 e. The molecule has 1 aromatic rings. The molecule has 0 aliphatic carbocycles. The SMILES string of the molecule is CCc1c(C(=O)NCCC(C)O)[nH]c(C)c1C(C)=O. The molecule has 19 heavy (non-hydrogen) atoms. The van der Waals surface area contributed by atoms with E-state index in [0.29, 0.717) is 30.6 Å². The van der Waals surface area contributed by atoms with Gasteiger partial charge in [-0.2, -0.15) is 0 Å². The number of aliphatic hydroxyl groups excluding tert-OH is 1. The van der Waals surface area contributed by atoms with E-state index in [1.54, 1.807) is 13.8 Å². The van der Waals surface area contributed by atoms with E-state index in [-0.39, 0.29) is 11.7 Å². The third-order valence-corrected chi connectivity index (χ3v) is 3.07. The standard InChI is InChI=1S/C14H22N2O3/c1-5-11-12(10(4)18)9(3)16-13(11)14(19)15-7-6-8(2)17/h8,16-17H,5-7H2,1-4H3,(H,15,19). The molecule has 3 N–H and O–H groups in total. The van der Waals surface area contributed by atoms with E-state index >= 15 is 0 Å². The minimum atomic E-state index is -0.441. The number of ketones is 1. The maximum absolute atomic E-state index is 12.1. The number of aromatic nitrogens is 1. The highest BCUT2D eigenvalue weighted by atomic mass is 16.3. The van der Waals surface area contributed by atoms with Crippen molar-refractivity contribution in [1.82, 2.24) is 10.3 Å². The lowest BCUT2D eigenvalue weighted by atomic mass is 10.0. The Hall–Kier alpha value is -1.62. The summed E-state index contributed by atoms with van der Waals surface area (Å²) < 4.78 is 0. The van der Waals surface area contributed by atoms with Gasteiger partial charge < -0.3 is 15.4 Å². The van der Waals surface area contributed by atoms with Crippen LogP contribution in [0.3, 0.4) is 0 Å². The van der Waals surface area contributed by atoms with Gasteiger partial charge in [-0.15, -0.1) is 0 Å². The Morgan fingerprint density at radius 2 is 2.05 bits per heavy atom. The van der Waals surface area contributed by atoms with Gasteiger partial charge in [-0.05, 0) is 39.2 Å². The van der Waals surface area contributed by atoms with Gasteiger partial charge in [-0.3, -0.25) is 9.59 Å². The summed E-state index contributed by atoms with van der Waals surface area (Å²) in [4.78, 5) is 26.6. The van der Waals surface area contributed by atoms with Crippen molar-refractivity contribution < 1.29 is 14.7 Å². The van der Waals surface area contributed by atoms with Gasteiger partial charge in [0.15, 0.2) is 5.78 Å². The van der Waals surface area contributed by atoms with E-state index in [1.807, 2.05) is 6.92 Å². The summed E-state index contributed by atoms with van der Waals surface area (Å²) in [6.07, 6.45) is 0.689. The first-order valence-electron chi connectivity index (χ1n) is 6.57. The van der Waals surface area contributed by atoms with Crippen molar-refractivity contribution in [3.63, 3.8) is 0 Å². The lowest BCUT2D eigenvalue weighted by Crippen LogP contribution is -2.27. The molecule has 0 saturated carbocycles. The summed E-state index contributed by atoms with van der Waals surface area (Å²) in [6, 6.07) is 0. The van der Waals surface area contributed by atoms with E-state index in [1.165, 1.54) is 6.92 Å². The lowest BCUT2D eigenvalue weighted by molar-refractivity contribution is 0.0940. The van der Waals surface area contributed by atoms with E-state index in [2.05, 4.69) is 10.3 Å². The lowest BCUT2D eigenvalue weighted by Gasteiger charge is -2.07. The normalized spacial score (nSPS) is 12.3. The van der Waals surface area contributed by atoms with Crippen molar-refractivity contribution in [3.8, 4) is 0 Å². The second-order valence-electron chi connectivity index (χ2n) is 4.78. The number of H-pyrrole nitrogens is 1. The molecule has 106 valence electrons. The number of nitrogens with one attached hydrogen (secondary N) is 2. The molecule has 5 heteroatoms. The number of Topliss-reactive ketones (excluding diaryl/α,β-unsaturated/α-hetero) is 1. The van der Waals surface area contributed by atoms with Gasteiger partial charge in [-0.1, -0.05) is 6.92 Å². The van der Waals surface area contributed by atoms with Crippen molar-refractivity contribution in [2.45, 2.75) is 46.6 Å². The number of rotatable bonds is 6. The van der Waals surface area contributed by atoms with Crippen molar-refractivity contribution in [2.75, 3.05) is 6.54 Å². The molecule has 1 rings (SSSR count). The molecular weight excluding hydrogens is 244 g/mol. The van der Waals surface area contributed by atoms with Crippen LogP contribution in [0.2, 0.25) is 0 Å². The summed E-state index contributed by atoms with van der Waals surface area (Å²) in [7, 11) is 0. The van der Waals surface area contributed by atoms with Gasteiger partial charge in [0.25, 0.3) is 5.91 Å². The number of carbonyl (C=O) groups excluding carboxylic acids is 2. The Balaban J connectivity index is 2.91. The van der Waals surface area contributed by atoms with Crippen LogP contribution in [0.5, 0.6) is 0 Å². The molecule has 1 atom stereocenters. The minimum absolute atomic E-state index is 0.0337. The predicted octanol–water partition coefficient (Wildman–Crippen LogP) is 1.59. The molecule has 0 spiro atoms. The highest BCUT2D eigenvalue weighted by Crippen LogP contribution is 2.20. The average molecular weight is 266 g/mol. The summed E-state index contributed by atoms with van der Waals surface area (Å²) in [5.41, 5.74) is 2.56. The van der Waals surface area contributed by atoms with Crippen molar-refractivity contribution in [1.29, 1.82) is 0 Å². The summed E-state index contributed by atoms with van der Waals surface area (Å²) in [5, 5.41) is 11.9. The molecule has 0 aliphatic rings. The predicted molar refractivity (Wildman–Crippen MR) is 73.5 cm³/mol. The molecule has 0 saturated heterocycles. The molecule has 0 aliphatic heterocycles. The Bertz CT molecular complexity index is 475. The molecular formula is C14H22N2O3. The van der Waals surface area contributed by atoms with Crippen LogP contribution < -0.4 is 5.32 Å². The third kappa shape index (κ3) is 3.67. The molecule has 0 bridgehead atoms. The van der Waals surface area contributed by atoms with E-state index in [4.69, 9.17) is 5.11 Å². The Labute approximate surface area is 113 Å². The summed E-state index contributed by atoms with van der Waals surface area (Å²) >= 11 is 0. The molecule has 0 fully saturated rings. The molecule has 1 unspecified atom stereocenters. The zero-order valence-corrected chi connectivity index (χ0v) is 12.0. The first-order valence-corrected chi connectivity index (χ1v) is 6.57. The molecule has 1 aromatic heterocycles. The second-order valence-corrected chi connectivity index (χ2v) is 4.78. The largest absolute Gasteiger partial charge is 0.393 e. The van der Waals surface area contributed by atoms with E-state index < -0.39 is 6.10 Å². The van der Waals surface area contributed by atoms with Crippen LogP contribution in [0.1, 0.15) is 59.3 Å². The van der Waals surface area contributed by atoms with Gasteiger partial charge >= 0.3 is 0 Å². The first kappa shape index (κ1) is 15.4. The van der Waals surface area contributed by atoms with Crippen LogP contribution in [0.25, 0.3) is 0 Å². The zero-order chi connectivity index (χ0) is 14.6. The average Bonchev–Trinajstić information content (AvgIpc) is 2.65. The second kappa shape index (κ2) is 6.52. The Morgan fingerprint density at radius 1 is 1.42 bits per heavy atom. The molecule has 0 radical (unpaired) electrons. The van der Waals surface area contributed by atoms with Gasteiger partial charge in [0, 0.05) is 17.8 Å². The van der Waals surface area contributed by atoms with E-state index in [9.17, 15) is 9.59 Å². The highest BCUT2D eigenvalue weighted by molar-refractivity contribution is 6.02. The quantitative estimate of drug-likeness (QED) is 0.684. The zero-order valence-electron chi connectivity index (χ0n) is 12.0. The van der Waals surface area contributed by atoms with E-state index in [0.717, 1.165) is 11.3 Å². The van der Waals surface area contributed by atoms with Gasteiger partial charge in [0.05, 0.1) is 6.10 Å². The smallest absolute Gasteiger partial charge is 0.268 e. The van der Waals surface area contributed by atoms with Crippen molar-refractivity contribution in [2.24, 2.45) is 0 Å². The van der Waals surface area contributed by atoms with Gasteiger partial charge in [0.1, 0.15) is 5.69 Å². The van der Waals surface area contributed by atoms with Gasteiger partial charge in [0.2, 0.25) is 0 Å².